The molecule has 216 valence electrons. The Bertz CT molecular complexity index is 1030. The molecular formula is C32H46BrClN2O2S. The van der Waals surface area contributed by atoms with Gasteiger partial charge in [0.15, 0.2) is 0 Å². The van der Waals surface area contributed by atoms with Gasteiger partial charge >= 0.3 is 0 Å². The number of hydrogen-bond donors (Lipinski definition) is 1. The van der Waals surface area contributed by atoms with Crippen molar-refractivity contribution in [2.24, 2.45) is 0 Å². The predicted octanol–water partition coefficient (Wildman–Crippen LogP) is 10.6. The number of rotatable bonds is 18. The van der Waals surface area contributed by atoms with Gasteiger partial charge in [-0.15, -0.1) is 28.7 Å². The Labute approximate surface area is 256 Å². The SMILES string of the molecule is Br.CCCCCCCCCCCCCCOc1ccc(C(=O)Nc2ccccc2CN2C=C(C)SC2)c(Cl)c1. The Morgan fingerprint density at radius 1 is 0.949 bits per heavy atom. The summed E-state index contributed by atoms with van der Waals surface area (Å²) in [7, 11) is 0. The minimum atomic E-state index is -0.211. The maximum atomic E-state index is 13.0. The van der Waals surface area contributed by atoms with E-state index in [9.17, 15) is 4.79 Å². The van der Waals surface area contributed by atoms with E-state index in [0.717, 1.165) is 30.1 Å². The number of para-hydroxylation sites is 1. The number of thioether (sulfide) groups is 1. The van der Waals surface area contributed by atoms with Gasteiger partial charge in [0, 0.05) is 18.4 Å². The average molecular weight is 638 g/mol. The normalized spacial score (nSPS) is 12.7. The van der Waals surface area contributed by atoms with Crippen LogP contribution in [0.1, 0.15) is 107 Å². The largest absolute Gasteiger partial charge is 0.494 e. The second-order valence-corrected chi connectivity index (χ2v) is 11.8. The van der Waals surface area contributed by atoms with Crippen molar-refractivity contribution in [2.75, 3.05) is 17.8 Å². The monoisotopic (exact) mass is 636 g/mol. The molecule has 2 aromatic rings. The summed E-state index contributed by atoms with van der Waals surface area (Å²) in [5.41, 5.74) is 2.33. The third-order valence-corrected chi connectivity index (χ3v) is 8.25. The maximum Gasteiger partial charge on any atom is 0.257 e. The van der Waals surface area contributed by atoms with Crippen LogP contribution in [0.25, 0.3) is 0 Å². The first-order valence-electron chi connectivity index (χ1n) is 14.4. The van der Waals surface area contributed by atoms with Crippen LogP contribution in [0.5, 0.6) is 5.75 Å². The molecule has 0 saturated carbocycles. The highest BCUT2D eigenvalue weighted by Gasteiger charge is 2.16. The number of halogens is 2. The smallest absolute Gasteiger partial charge is 0.257 e. The van der Waals surface area contributed by atoms with Gasteiger partial charge in [-0.2, -0.15) is 0 Å². The average Bonchev–Trinajstić information content (AvgIpc) is 3.32. The van der Waals surface area contributed by atoms with Crippen molar-refractivity contribution < 1.29 is 9.53 Å². The lowest BCUT2D eigenvalue weighted by Gasteiger charge is -2.18. The van der Waals surface area contributed by atoms with Gasteiger partial charge < -0.3 is 15.0 Å². The number of carbonyl (C=O) groups excluding carboxylic acids is 1. The van der Waals surface area contributed by atoms with Crippen LogP contribution >= 0.6 is 40.3 Å². The van der Waals surface area contributed by atoms with Gasteiger partial charge in [0.25, 0.3) is 5.91 Å². The van der Waals surface area contributed by atoms with E-state index in [-0.39, 0.29) is 22.9 Å². The summed E-state index contributed by atoms with van der Waals surface area (Å²) >= 11 is 8.31. The van der Waals surface area contributed by atoms with E-state index < -0.39 is 0 Å². The van der Waals surface area contributed by atoms with Crippen LogP contribution in [0, 0.1) is 0 Å². The molecule has 0 saturated heterocycles. The van der Waals surface area contributed by atoms with E-state index in [1.54, 1.807) is 12.1 Å². The number of amides is 1. The number of nitrogens with one attached hydrogen (secondary N) is 1. The lowest BCUT2D eigenvalue weighted by Crippen LogP contribution is -2.17. The van der Waals surface area contributed by atoms with Gasteiger partial charge in [-0.1, -0.05) is 107 Å². The summed E-state index contributed by atoms with van der Waals surface area (Å²) < 4.78 is 5.90. The fraction of sp³-hybridized carbons (Fsp3) is 0.531. The van der Waals surface area contributed by atoms with Gasteiger partial charge in [-0.3, -0.25) is 4.79 Å². The summed E-state index contributed by atoms with van der Waals surface area (Å²) in [6.07, 6.45) is 18.0. The van der Waals surface area contributed by atoms with Crippen molar-refractivity contribution in [1.82, 2.24) is 4.90 Å². The van der Waals surface area contributed by atoms with Crippen LogP contribution in [-0.2, 0) is 6.54 Å². The molecule has 0 aliphatic carbocycles. The summed E-state index contributed by atoms with van der Waals surface area (Å²) in [6.45, 7) is 5.81. The summed E-state index contributed by atoms with van der Waals surface area (Å²) in [5.74, 6) is 1.43. The first-order chi connectivity index (χ1) is 18.6. The number of nitrogens with zero attached hydrogens (tertiary/aromatic N) is 1. The molecule has 1 aliphatic heterocycles. The quantitative estimate of drug-likeness (QED) is 0.165. The highest BCUT2D eigenvalue weighted by molar-refractivity contribution is 8.93. The Morgan fingerprint density at radius 2 is 1.59 bits per heavy atom. The molecule has 1 aliphatic rings. The second-order valence-electron chi connectivity index (χ2n) is 10.3. The van der Waals surface area contributed by atoms with E-state index in [2.05, 4.69) is 36.3 Å². The van der Waals surface area contributed by atoms with Gasteiger partial charge in [0.05, 0.1) is 23.1 Å². The zero-order chi connectivity index (χ0) is 27.0. The number of anilines is 1. The van der Waals surface area contributed by atoms with Crippen molar-refractivity contribution in [1.29, 1.82) is 0 Å². The predicted molar refractivity (Wildman–Crippen MR) is 175 cm³/mol. The van der Waals surface area contributed by atoms with Crippen LogP contribution < -0.4 is 10.1 Å². The Kier molecular flexibility index (Phi) is 16.7. The van der Waals surface area contributed by atoms with Crippen LogP contribution in [0.2, 0.25) is 5.02 Å². The standard InChI is InChI=1S/C32H45ClN2O2S.BrH/c1-3-4-5-6-7-8-9-10-11-12-13-16-21-37-28-19-20-29(30(33)22-28)32(36)34-31-18-15-14-17-27(31)24-35-23-26(2)38-25-35;/h14-15,17-20,22-23H,3-13,16,21,24-25H2,1-2H3,(H,34,36);1H. The van der Waals surface area contributed by atoms with Gasteiger partial charge in [-0.05, 0) is 48.1 Å². The van der Waals surface area contributed by atoms with Crippen LogP contribution in [0.4, 0.5) is 5.69 Å². The molecule has 0 unspecified atom stereocenters. The Balaban J connectivity index is 0.00000533. The highest BCUT2D eigenvalue weighted by atomic mass is 79.9. The Morgan fingerprint density at radius 3 is 2.21 bits per heavy atom. The van der Waals surface area contributed by atoms with Crippen LogP contribution in [0.3, 0.4) is 0 Å². The van der Waals surface area contributed by atoms with E-state index in [1.165, 1.54) is 75.5 Å². The summed E-state index contributed by atoms with van der Waals surface area (Å²) in [4.78, 5) is 16.6. The van der Waals surface area contributed by atoms with E-state index in [4.69, 9.17) is 16.3 Å². The van der Waals surface area contributed by atoms with Gasteiger partial charge in [-0.25, -0.2) is 0 Å². The lowest BCUT2D eigenvalue weighted by molar-refractivity contribution is 0.102. The molecule has 3 rings (SSSR count). The molecular weight excluding hydrogens is 592 g/mol. The van der Waals surface area contributed by atoms with Crippen molar-refractivity contribution >= 4 is 51.9 Å². The molecule has 0 atom stereocenters. The van der Waals surface area contributed by atoms with Gasteiger partial charge in [0.1, 0.15) is 5.75 Å². The summed E-state index contributed by atoms with van der Waals surface area (Å²) in [6, 6.07) is 13.3. The van der Waals surface area contributed by atoms with E-state index in [0.29, 0.717) is 22.9 Å². The number of unbranched alkanes of at least 4 members (excludes halogenated alkanes) is 11. The highest BCUT2D eigenvalue weighted by Crippen LogP contribution is 2.29. The number of allylic oxidation sites excluding steroid dienone is 1. The number of hydrogen-bond acceptors (Lipinski definition) is 4. The minimum absolute atomic E-state index is 0. The first kappa shape index (κ1) is 33.6. The molecule has 0 spiro atoms. The van der Waals surface area contributed by atoms with Crippen LogP contribution in [-0.4, -0.2) is 23.3 Å². The molecule has 39 heavy (non-hydrogen) atoms. The molecule has 0 aromatic heterocycles. The molecule has 7 heteroatoms. The minimum Gasteiger partial charge on any atom is -0.494 e. The Hall–Kier alpha value is -1.63. The number of benzene rings is 2. The number of carbonyl (C=O) groups is 1. The molecule has 0 fully saturated rings. The van der Waals surface area contributed by atoms with Crippen LogP contribution in [0.15, 0.2) is 53.6 Å². The summed E-state index contributed by atoms with van der Waals surface area (Å²) in [5, 5.41) is 3.45. The fourth-order valence-corrected chi connectivity index (χ4v) is 5.71. The van der Waals surface area contributed by atoms with E-state index >= 15 is 0 Å². The molecule has 0 radical (unpaired) electrons. The zero-order valence-corrected chi connectivity index (χ0v) is 27.0. The van der Waals surface area contributed by atoms with E-state index in [1.807, 2.05) is 36.0 Å². The molecule has 4 nitrogen and oxygen atoms in total. The topological polar surface area (TPSA) is 41.6 Å². The van der Waals surface area contributed by atoms with Crippen molar-refractivity contribution in [2.45, 2.75) is 97.4 Å². The first-order valence-corrected chi connectivity index (χ1v) is 15.8. The molecule has 0 bridgehead atoms. The lowest BCUT2D eigenvalue weighted by atomic mass is 10.1. The molecule has 1 amide bonds. The maximum absolute atomic E-state index is 13.0. The third-order valence-electron chi connectivity index (χ3n) is 6.91. The number of ether oxygens (including phenoxy) is 1. The van der Waals surface area contributed by atoms with Crippen molar-refractivity contribution in [3.05, 3.63) is 69.7 Å². The molecule has 1 N–H and O–H groups in total. The molecule has 2 aromatic carbocycles. The zero-order valence-electron chi connectivity index (χ0n) is 23.7. The van der Waals surface area contributed by atoms with Crippen molar-refractivity contribution in [3.8, 4) is 5.75 Å². The molecule has 1 heterocycles. The fourth-order valence-electron chi connectivity index (χ4n) is 4.70. The third kappa shape index (κ3) is 12.6. The second kappa shape index (κ2) is 19.4. The van der Waals surface area contributed by atoms with Gasteiger partial charge in [0.2, 0.25) is 0 Å². The van der Waals surface area contributed by atoms with Crippen molar-refractivity contribution in [3.63, 3.8) is 0 Å².